The summed E-state index contributed by atoms with van der Waals surface area (Å²) in [6.45, 7) is 0.291. The number of hydrogen-bond donors (Lipinski definition) is 5. The van der Waals surface area contributed by atoms with E-state index in [1.165, 1.54) is 0 Å². The van der Waals surface area contributed by atoms with Crippen LogP contribution in [-0.4, -0.2) is 28.8 Å². The van der Waals surface area contributed by atoms with Gasteiger partial charge < -0.3 is 15.9 Å². The molecule has 0 aliphatic carbocycles. The number of thiophene rings is 1. The first-order chi connectivity index (χ1) is 7.60. The Kier molecular flexibility index (Phi) is 4.84. The molecule has 0 aliphatic rings. The van der Waals surface area contributed by atoms with Crippen LogP contribution >= 0.6 is 11.3 Å². The third-order valence-electron chi connectivity index (χ3n) is 2.10. The Bertz CT molecular complexity index is 356. The molecule has 1 rings (SSSR count). The number of nitrogen functional groups attached to an aromatic ring is 1. The van der Waals surface area contributed by atoms with Crippen molar-refractivity contribution < 1.29 is 15.0 Å². The first-order valence-corrected chi connectivity index (χ1v) is 5.58. The Labute approximate surface area is 96.8 Å². The number of nitrogens with two attached hydrogens (primary N) is 2. The van der Waals surface area contributed by atoms with Gasteiger partial charge in [-0.05, 0) is 25.1 Å². The molecule has 0 saturated heterocycles. The van der Waals surface area contributed by atoms with Crippen molar-refractivity contribution in [2.24, 2.45) is 11.6 Å². The summed E-state index contributed by atoms with van der Waals surface area (Å²) in [5, 5.41) is 19.3. The molecule has 7 N–H and O–H groups in total. The zero-order valence-corrected chi connectivity index (χ0v) is 9.41. The predicted molar refractivity (Wildman–Crippen MR) is 60.6 cm³/mol. The number of nitrogens with one attached hydrogen (secondary N) is 1. The van der Waals surface area contributed by atoms with Crippen LogP contribution in [0.1, 0.15) is 27.1 Å². The largest absolute Gasteiger partial charge is 0.390 e. The molecule has 90 valence electrons. The van der Waals surface area contributed by atoms with Crippen molar-refractivity contribution in [3.8, 4) is 0 Å². The van der Waals surface area contributed by atoms with Gasteiger partial charge in [0.1, 0.15) is 6.10 Å². The molecule has 7 heteroatoms. The summed E-state index contributed by atoms with van der Waals surface area (Å²) in [6, 6.07) is 3.13. The smallest absolute Gasteiger partial charge is 0.275 e. The van der Waals surface area contributed by atoms with E-state index in [4.69, 9.17) is 11.6 Å². The quantitative estimate of drug-likeness (QED) is 0.261. The van der Waals surface area contributed by atoms with Gasteiger partial charge in [0, 0.05) is 4.88 Å². The maximum Gasteiger partial charge on any atom is 0.275 e. The van der Waals surface area contributed by atoms with Crippen molar-refractivity contribution in [2.75, 3.05) is 6.54 Å². The summed E-state index contributed by atoms with van der Waals surface area (Å²) >= 11 is 1.08. The van der Waals surface area contributed by atoms with E-state index < -0.39 is 18.1 Å². The Morgan fingerprint density at radius 1 is 1.50 bits per heavy atom. The molecule has 0 spiro atoms. The average molecular weight is 245 g/mol. The fourth-order valence-corrected chi connectivity index (χ4v) is 2.18. The van der Waals surface area contributed by atoms with Crippen LogP contribution in [-0.2, 0) is 0 Å². The molecule has 1 heterocycles. The molecular weight excluding hydrogens is 230 g/mol. The molecule has 0 radical (unpaired) electrons. The predicted octanol–water partition coefficient (Wildman–Crippen LogP) is -0.905. The van der Waals surface area contributed by atoms with Crippen LogP contribution in [0.15, 0.2) is 12.1 Å². The first-order valence-electron chi connectivity index (χ1n) is 4.77. The van der Waals surface area contributed by atoms with E-state index in [0.29, 0.717) is 22.7 Å². The van der Waals surface area contributed by atoms with E-state index in [9.17, 15) is 15.0 Å². The van der Waals surface area contributed by atoms with Gasteiger partial charge in [0.15, 0.2) is 0 Å². The van der Waals surface area contributed by atoms with Gasteiger partial charge in [-0.15, -0.1) is 11.3 Å². The van der Waals surface area contributed by atoms with Crippen molar-refractivity contribution in [2.45, 2.75) is 18.6 Å². The van der Waals surface area contributed by atoms with Gasteiger partial charge in [-0.2, -0.15) is 0 Å². The van der Waals surface area contributed by atoms with Gasteiger partial charge in [-0.1, -0.05) is 0 Å². The number of hydrazine groups is 1. The lowest BCUT2D eigenvalue weighted by atomic mass is 10.1. The number of amides is 1. The molecular formula is C9H15N3O3S. The van der Waals surface area contributed by atoms with Gasteiger partial charge in [-0.25, -0.2) is 5.84 Å². The molecule has 6 nitrogen and oxygen atoms in total. The molecule has 0 saturated carbocycles. The molecule has 0 aliphatic heterocycles. The van der Waals surface area contributed by atoms with Gasteiger partial charge in [0.25, 0.3) is 5.91 Å². The van der Waals surface area contributed by atoms with Crippen LogP contribution in [0, 0.1) is 0 Å². The molecule has 1 aromatic rings. The Morgan fingerprint density at radius 2 is 2.19 bits per heavy atom. The van der Waals surface area contributed by atoms with Crippen molar-refractivity contribution in [3.05, 3.63) is 21.9 Å². The molecule has 0 aromatic carbocycles. The molecule has 2 unspecified atom stereocenters. The lowest BCUT2D eigenvalue weighted by molar-refractivity contribution is 0.0171. The molecule has 0 fully saturated rings. The highest BCUT2D eigenvalue weighted by atomic mass is 32.1. The summed E-state index contributed by atoms with van der Waals surface area (Å²) in [6.07, 6.45) is -1.64. The second kappa shape index (κ2) is 5.92. The van der Waals surface area contributed by atoms with E-state index >= 15 is 0 Å². The zero-order valence-electron chi connectivity index (χ0n) is 8.59. The van der Waals surface area contributed by atoms with Crippen molar-refractivity contribution >= 4 is 17.2 Å². The van der Waals surface area contributed by atoms with Crippen molar-refractivity contribution in [3.63, 3.8) is 0 Å². The summed E-state index contributed by atoms with van der Waals surface area (Å²) in [5.74, 6) is 4.56. The van der Waals surface area contributed by atoms with Gasteiger partial charge >= 0.3 is 0 Å². The summed E-state index contributed by atoms with van der Waals surface area (Å²) < 4.78 is 0. The highest BCUT2D eigenvalue weighted by molar-refractivity contribution is 7.14. The minimum atomic E-state index is -1.02. The Hall–Kier alpha value is -0.990. The number of carbonyl (C=O) groups excluding carboxylic acids is 1. The van der Waals surface area contributed by atoms with Crippen LogP contribution in [0.2, 0.25) is 0 Å². The fourth-order valence-electron chi connectivity index (χ4n) is 1.22. The summed E-state index contributed by atoms with van der Waals surface area (Å²) in [4.78, 5) is 12.1. The maximum absolute atomic E-state index is 11.2. The summed E-state index contributed by atoms with van der Waals surface area (Å²) in [5.41, 5.74) is 7.27. The monoisotopic (exact) mass is 245 g/mol. The Morgan fingerprint density at radius 3 is 2.75 bits per heavy atom. The van der Waals surface area contributed by atoms with Crippen LogP contribution < -0.4 is 17.0 Å². The zero-order chi connectivity index (χ0) is 12.1. The van der Waals surface area contributed by atoms with E-state index in [0.717, 1.165) is 11.3 Å². The van der Waals surface area contributed by atoms with E-state index in [-0.39, 0.29) is 0 Å². The minimum Gasteiger partial charge on any atom is -0.390 e. The van der Waals surface area contributed by atoms with Gasteiger partial charge in [0.2, 0.25) is 0 Å². The molecule has 16 heavy (non-hydrogen) atoms. The number of aliphatic hydroxyl groups is 2. The number of rotatable bonds is 5. The third-order valence-corrected chi connectivity index (χ3v) is 3.25. The molecule has 1 aromatic heterocycles. The van der Waals surface area contributed by atoms with Crippen LogP contribution in [0.5, 0.6) is 0 Å². The van der Waals surface area contributed by atoms with Crippen LogP contribution in [0.25, 0.3) is 0 Å². The van der Waals surface area contributed by atoms with E-state index in [2.05, 4.69) is 0 Å². The van der Waals surface area contributed by atoms with Gasteiger partial charge in [0.05, 0.1) is 11.0 Å². The number of hydrogen-bond acceptors (Lipinski definition) is 6. The third kappa shape index (κ3) is 3.00. The standard InChI is InChI=1S/C9H15N3O3S/c10-4-3-5(13)8(14)6-1-2-7(16-6)9(15)12-11/h1-2,5,8,13-14H,3-4,10-11H2,(H,12,15). The Balaban J connectivity index is 2.73. The van der Waals surface area contributed by atoms with Crippen molar-refractivity contribution in [1.82, 2.24) is 5.43 Å². The van der Waals surface area contributed by atoms with Crippen molar-refractivity contribution in [1.29, 1.82) is 0 Å². The average Bonchev–Trinajstić information content (AvgIpc) is 2.76. The lowest BCUT2D eigenvalue weighted by Crippen LogP contribution is -2.29. The first kappa shape index (κ1) is 13.1. The second-order valence-electron chi connectivity index (χ2n) is 3.27. The van der Waals surface area contributed by atoms with Crippen LogP contribution in [0.4, 0.5) is 0 Å². The molecule has 2 atom stereocenters. The minimum absolute atomic E-state index is 0.291. The SMILES string of the molecule is NCCC(O)C(O)c1ccc(C(=O)NN)s1. The second-order valence-corrected chi connectivity index (χ2v) is 4.38. The highest BCUT2D eigenvalue weighted by Crippen LogP contribution is 2.26. The van der Waals surface area contributed by atoms with Gasteiger partial charge in [-0.3, -0.25) is 10.2 Å². The summed E-state index contributed by atoms with van der Waals surface area (Å²) in [7, 11) is 0. The highest BCUT2D eigenvalue weighted by Gasteiger charge is 2.20. The van der Waals surface area contributed by atoms with E-state index in [1.54, 1.807) is 12.1 Å². The fraction of sp³-hybridized carbons (Fsp3) is 0.444. The van der Waals surface area contributed by atoms with Crippen LogP contribution in [0.3, 0.4) is 0 Å². The van der Waals surface area contributed by atoms with E-state index in [1.807, 2.05) is 5.43 Å². The lowest BCUT2D eigenvalue weighted by Gasteiger charge is -2.15. The normalized spacial score (nSPS) is 14.5. The maximum atomic E-state index is 11.2. The number of aliphatic hydroxyl groups excluding tert-OH is 2. The molecule has 0 bridgehead atoms. The topological polar surface area (TPSA) is 122 Å². The number of carbonyl (C=O) groups is 1. The molecule has 1 amide bonds.